The highest BCUT2D eigenvalue weighted by molar-refractivity contribution is 7.22. The van der Waals surface area contributed by atoms with Crippen LogP contribution >= 0.6 is 11.3 Å². The average Bonchev–Trinajstić information content (AvgIpc) is 3.06. The molecule has 0 aliphatic carbocycles. The largest absolute Gasteiger partial charge is 0.494 e. The molecule has 0 unspecified atom stereocenters. The molecule has 3 aromatic rings. The Bertz CT molecular complexity index is 979. The van der Waals surface area contributed by atoms with Crippen LogP contribution in [0.4, 0.5) is 10.8 Å². The van der Waals surface area contributed by atoms with Gasteiger partial charge in [-0.15, -0.1) is 0 Å². The minimum atomic E-state index is -0.336. The maximum absolute atomic E-state index is 6.12. The second kappa shape index (κ2) is 6.33. The molecular formula is C21H25BN2O2S. The first kappa shape index (κ1) is 18.5. The predicted octanol–water partition coefficient (Wildman–Crippen LogP) is 4.96. The van der Waals surface area contributed by atoms with Crippen molar-refractivity contribution in [2.45, 2.75) is 52.7 Å². The summed E-state index contributed by atoms with van der Waals surface area (Å²) in [6, 6.07) is 12.5. The first-order valence-electron chi connectivity index (χ1n) is 9.25. The van der Waals surface area contributed by atoms with Crippen LogP contribution in [0.2, 0.25) is 0 Å². The highest BCUT2D eigenvalue weighted by Gasteiger charge is 2.51. The van der Waals surface area contributed by atoms with Gasteiger partial charge in [-0.3, -0.25) is 0 Å². The van der Waals surface area contributed by atoms with Gasteiger partial charge in [-0.1, -0.05) is 29.5 Å². The van der Waals surface area contributed by atoms with E-state index in [4.69, 9.17) is 14.3 Å². The van der Waals surface area contributed by atoms with E-state index in [1.807, 2.05) is 24.3 Å². The fraction of sp³-hybridized carbons (Fsp3) is 0.381. The Morgan fingerprint density at radius 1 is 0.963 bits per heavy atom. The van der Waals surface area contributed by atoms with E-state index in [1.54, 1.807) is 11.3 Å². The van der Waals surface area contributed by atoms with Crippen molar-refractivity contribution in [3.05, 3.63) is 47.5 Å². The van der Waals surface area contributed by atoms with E-state index in [1.165, 1.54) is 15.8 Å². The van der Waals surface area contributed by atoms with Crippen molar-refractivity contribution < 1.29 is 9.31 Å². The van der Waals surface area contributed by atoms with Gasteiger partial charge >= 0.3 is 7.12 Å². The van der Waals surface area contributed by atoms with Gasteiger partial charge in [-0.25, -0.2) is 4.98 Å². The molecule has 0 radical (unpaired) electrons. The molecule has 1 aliphatic rings. The second-order valence-corrected chi connectivity index (χ2v) is 9.31. The number of aryl methyl sites for hydroxylation is 2. The Kier molecular flexibility index (Phi) is 4.33. The molecule has 1 N–H and O–H groups in total. The maximum atomic E-state index is 6.12. The lowest BCUT2D eigenvalue weighted by molar-refractivity contribution is 0.00578. The monoisotopic (exact) mass is 380 g/mol. The molecule has 1 aromatic heterocycles. The van der Waals surface area contributed by atoms with E-state index in [0.717, 1.165) is 21.8 Å². The molecule has 6 heteroatoms. The summed E-state index contributed by atoms with van der Waals surface area (Å²) >= 11 is 1.68. The van der Waals surface area contributed by atoms with E-state index in [9.17, 15) is 0 Å². The van der Waals surface area contributed by atoms with E-state index in [-0.39, 0.29) is 18.3 Å². The fourth-order valence-corrected chi connectivity index (χ4v) is 4.31. The minimum Gasteiger partial charge on any atom is -0.399 e. The van der Waals surface area contributed by atoms with Crippen LogP contribution in [0.25, 0.3) is 10.2 Å². The zero-order valence-electron chi connectivity index (χ0n) is 16.7. The molecule has 0 saturated carbocycles. The number of fused-ring (bicyclic) bond motifs is 1. The molecule has 27 heavy (non-hydrogen) atoms. The van der Waals surface area contributed by atoms with E-state index in [2.05, 4.69) is 59.0 Å². The van der Waals surface area contributed by atoms with Crippen LogP contribution in [0.5, 0.6) is 0 Å². The Balaban J connectivity index is 1.53. The van der Waals surface area contributed by atoms with Gasteiger partial charge in [0.15, 0.2) is 5.13 Å². The number of nitrogens with one attached hydrogen (secondary N) is 1. The number of anilines is 2. The third kappa shape index (κ3) is 3.37. The number of thiazole rings is 1. The van der Waals surface area contributed by atoms with E-state index < -0.39 is 0 Å². The molecule has 0 atom stereocenters. The summed E-state index contributed by atoms with van der Waals surface area (Å²) < 4.78 is 13.5. The number of rotatable bonds is 3. The van der Waals surface area contributed by atoms with E-state index >= 15 is 0 Å². The SMILES string of the molecule is Cc1cc(C)c2nc(Nc3ccc(B4OC(C)(C)C(C)(C)O4)cc3)sc2c1. The fourth-order valence-electron chi connectivity index (χ4n) is 3.25. The molecular weight excluding hydrogens is 355 g/mol. The van der Waals surface area contributed by atoms with Crippen molar-refractivity contribution >= 4 is 45.0 Å². The third-order valence-electron chi connectivity index (χ3n) is 5.52. The van der Waals surface area contributed by atoms with Crippen molar-refractivity contribution in [1.82, 2.24) is 4.98 Å². The summed E-state index contributed by atoms with van der Waals surface area (Å²) in [5.41, 5.74) is 4.92. The van der Waals surface area contributed by atoms with Crippen LogP contribution in [-0.2, 0) is 9.31 Å². The molecule has 140 valence electrons. The number of aromatic nitrogens is 1. The number of nitrogens with zero attached hydrogens (tertiary/aromatic N) is 1. The van der Waals surface area contributed by atoms with Gasteiger partial charge in [0.2, 0.25) is 0 Å². The van der Waals surface area contributed by atoms with Crippen LogP contribution in [0, 0.1) is 13.8 Å². The molecule has 0 spiro atoms. The highest BCUT2D eigenvalue weighted by atomic mass is 32.1. The Morgan fingerprint density at radius 2 is 1.59 bits per heavy atom. The van der Waals surface area contributed by atoms with Crippen molar-refractivity contribution in [3.8, 4) is 0 Å². The quantitative estimate of drug-likeness (QED) is 0.653. The lowest BCUT2D eigenvalue weighted by Gasteiger charge is -2.32. The molecule has 1 aliphatic heterocycles. The third-order valence-corrected chi connectivity index (χ3v) is 6.44. The molecule has 4 rings (SSSR count). The van der Waals surface area contributed by atoms with Crippen molar-refractivity contribution in [2.24, 2.45) is 0 Å². The Hall–Kier alpha value is -1.89. The van der Waals surface area contributed by atoms with E-state index in [0.29, 0.717) is 0 Å². The summed E-state index contributed by atoms with van der Waals surface area (Å²) in [5.74, 6) is 0. The number of benzene rings is 2. The number of hydrogen-bond donors (Lipinski definition) is 1. The second-order valence-electron chi connectivity index (χ2n) is 8.28. The molecule has 1 fully saturated rings. The molecule has 2 heterocycles. The first-order chi connectivity index (χ1) is 12.6. The van der Waals surface area contributed by atoms with Crippen molar-refractivity contribution in [1.29, 1.82) is 0 Å². The lowest BCUT2D eigenvalue weighted by atomic mass is 9.79. The van der Waals surface area contributed by atoms with Gasteiger partial charge in [-0.05, 0) is 76.3 Å². The topological polar surface area (TPSA) is 43.4 Å². The average molecular weight is 380 g/mol. The van der Waals surface area contributed by atoms with Gasteiger partial charge in [0.1, 0.15) is 0 Å². The number of hydrogen-bond acceptors (Lipinski definition) is 5. The van der Waals surface area contributed by atoms with Crippen molar-refractivity contribution in [3.63, 3.8) is 0 Å². The zero-order valence-corrected chi connectivity index (χ0v) is 17.5. The normalized spacial score (nSPS) is 18.2. The van der Waals surface area contributed by atoms with Gasteiger partial charge in [-0.2, -0.15) is 0 Å². The van der Waals surface area contributed by atoms with Crippen molar-refractivity contribution in [2.75, 3.05) is 5.32 Å². The molecule has 0 amide bonds. The summed E-state index contributed by atoms with van der Waals surface area (Å²) in [5, 5.41) is 4.32. The van der Waals surface area contributed by atoms with Gasteiger partial charge < -0.3 is 14.6 Å². The molecule has 1 saturated heterocycles. The summed E-state index contributed by atoms with van der Waals surface area (Å²) in [7, 11) is -0.336. The van der Waals surface area contributed by atoms with Crippen LogP contribution in [0.1, 0.15) is 38.8 Å². The van der Waals surface area contributed by atoms with Gasteiger partial charge in [0.25, 0.3) is 0 Å². The van der Waals surface area contributed by atoms with Crippen LogP contribution < -0.4 is 10.8 Å². The zero-order chi connectivity index (χ0) is 19.4. The van der Waals surface area contributed by atoms with Gasteiger partial charge in [0.05, 0.1) is 21.4 Å². The first-order valence-corrected chi connectivity index (χ1v) is 10.1. The Labute approximate surface area is 165 Å². The van der Waals surface area contributed by atoms with Crippen LogP contribution in [0.15, 0.2) is 36.4 Å². The standard InChI is InChI=1S/C21H25BN2O2S/c1-13-11-14(2)18-17(12-13)27-19(24-18)23-16-9-7-15(8-10-16)22-25-20(3,4)21(5,6)26-22/h7-12H,1-6H3,(H,23,24). The molecule has 4 nitrogen and oxygen atoms in total. The summed E-state index contributed by atoms with van der Waals surface area (Å²) in [6.07, 6.45) is 0. The van der Waals surface area contributed by atoms with Crippen LogP contribution in [-0.4, -0.2) is 23.3 Å². The minimum absolute atomic E-state index is 0.328. The Morgan fingerprint density at radius 3 is 2.22 bits per heavy atom. The lowest BCUT2D eigenvalue weighted by Crippen LogP contribution is -2.41. The smallest absolute Gasteiger partial charge is 0.399 e. The highest BCUT2D eigenvalue weighted by Crippen LogP contribution is 2.36. The predicted molar refractivity (Wildman–Crippen MR) is 115 cm³/mol. The molecule has 2 aromatic carbocycles. The molecule has 0 bridgehead atoms. The summed E-state index contributed by atoms with van der Waals surface area (Å²) in [4.78, 5) is 4.74. The maximum Gasteiger partial charge on any atom is 0.494 e. The van der Waals surface area contributed by atoms with Gasteiger partial charge in [0, 0.05) is 5.69 Å². The van der Waals surface area contributed by atoms with Crippen LogP contribution in [0.3, 0.4) is 0 Å². The summed E-state index contributed by atoms with van der Waals surface area (Å²) in [6.45, 7) is 12.5.